The van der Waals surface area contributed by atoms with E-state index in [0.29, 0.717) is 0 Å². The fourth-order valence-corrected chi connectivity index (χ4v) is 3.53. The number of aliphatic hydroxyl groups is 1. The molecule has 0 aromatic carbocycles. The Hall–Kier alpha value is 0.120. The van der Waals surface area contributed by atoms with Crippen molar-refractivity contribution in [2.24, 2.45) is 0 Å². The van der Waals surface area contributed by atoms with Gasteiger partial charge in [-0.1, -0.05) is 0 Å². The molecule has 0 saturated carbocycles. The van der Waals surface area contributed by atoms with Crippen LogP contribution in [0.5, 0.6) is 0 Å². The summed E-state index contributed by atoms with van der Waals surface area (Å²) in [6, 6.07) is -0.271. The fraction of sp³-hybridized carbons (Fsp3) is 1.00. The molecule has 1 aliphatic rings. The minimum atomic E-state index is -3.02. The summed E-state index contributed by atoms with van der Waals surface area (Å²) in [7, 11) is 1.14. The van der Waals surface area contributed by atoms with E-state index in [1.807, 2.05) is 0 Å². The summed E-state index contributed by atoms with van der Waals surface area (Å²) in [6.07, 6.45) is 0.257. The number of rotatable bonds is 5. The molecule has 1 heterocycles. The normalized spacial score (nSPS) is 28.0. The Morgan fingerprint density at radius 2 is 2.00 bits per heavy atom. The van der Waals surface area contributed by atoms with E-state index in [-0.39, 0.29) is 30.0 Å². The SMILES string of the molecule is C[NH+](C)CCCNC1CS(=O)(=O)CC1O.[Cl-]. The number of quaternary nitrogens is 1. The van der Waals surface area contributed by atoms with Gasteiger partial charge >= 0.3 is 0 Å². The van der Waals surface area contributed by atoms with Crippen molar-refractivity contribution in [1.82, 2.24) is 5.32 Å². The van der Waals surface area contributed by atoms with E-state index in [4.69, 9.17) is 0 Å². The highest BCUT2D eigenvalue weighted by molar-refractivity contribution is 7.91. The van der Waals surface area contributed by atoms with Crippen LogP contribution < -0.4 is 22.6 Å². The lowest BCUT2D eigenvalue weighted by molar-refractivity contribution is -0.858. The molecule has 0 aliphatic carbocycles. The quantitative estimate of drug-likeness (QED) is 0.436. The molecular formula is C9H21ClN2O3S. The van der Waals surface area contributed by atoms with Gasteiger partial charge in [0.25, 0.3) is 0 Å². The van der Waals surface area contributed by atoms with Crippen molar-refractivity contribution in [2.45, 2.75) is 18.6 Å². The van der Waals surface area contributed by atoms with Crippen LogP contribution in [0.2, 0.25) is 0 Å². The Morgan fingerprint density at radius 1 is 1.38 bits per heavy atom. The third kappa shape index (κ3) is 5.45. The zero-order chi connectivity index (χ0) is 11.5. The third-order valence-corrected chi connectivity index (χ3v) is 4.30. The zero-order valence-electron chi connectivity index (χ0n) is 9.74. The van der Waals surface area contributed by atoms with Crippen LogP contribution in [-0.4, -0.2) is 64.4 Å². The summed E-state index contributed by atoms with van der Waals surface area (Å²) >= 11 is 0. The molecule has 1 rings (SSSR count). The van der Waals surface area contributed by atoms with Crippen LogP contribution in [-0.2, 0) is 9.84 Å². The van der Waals surface area contributed by atoms with E-state index in [1.165, 1.54) is 4.90 Å². The minimum absolute atomic E-state index is 0. The van der Waals surface area contributed by atoms with Gasteiger partial charge in [0.2, 0.25) is 0 Å². The molecule has 0 spiro atoms. The molecule has 0 aromatic rings. The van der Waals surface area contributed by atoms with Gasteiger partial charge in [0.15, 0.2) is 9.84 Å². The average molecular weight is 273 g/mol. The highest BCUT2D eigenvalue weighted by Gasteiger charge is 2.35. The maximum atomic E-state index is 11.2. The lowest BCUT2D eigenvalue weighted by atomic mass is 10.2. The lowest BCUT2D eigenvalue weighted by Gasteiger charge is -2.15. The van der Waals surface area contributed by atoms with E-state index in [1.54, 1.807) is 0 Å². The monoisotopic (exact) mass is 272 g/mol. The molecule has 1 saturated heterocycles. The van der Waals surface area contributed by atoms with Crippen molar-refractivity contribution < 1.29 is 30.8 Å². The zero-order valence-corrected chi connectivity index (χ0v) is 11.3. The van der Waals surface area contributed by atoms with Gasteiger partial charge in [-0.15, -0.1) is 0 Å². The van der Waals surface area contributed by atoms with Gasteiger partial charge in [-0.2, -0.15) is 0 Å². The van der Waals surface area contributed by atoms with E-state index in [2.05, 4.69) is 19.4 Å². The topological polar surface area (TPSA) is 70.8 Å². The first-order chi connectivity index (χ1) is 6.91. The van der Waals surface area contributed by atoms with Gasteiger partial charge < -0.3 is 27.7 Å². The molecule has 1 fully saturated rings. The first-order valence-electron chi connectivity index (χ1n) is 5.31. The average Bonchev–Trinajstić information content (AvgIpc) is 2.33. The number of hydrogen-bond donors (Lipinski definition) is 3. The molecule has 0 bridgehead atoms. The Morgan fingerprint density at radius 3 is 2.44 bits per heavy atom. The molecule has 0 radical (unpaired) electrons. The van der Waals surface area contributed by atoms with Crippen molar-refractivity contribution in [3.05, 3.63) is 0 Å². The van der Waals surface area contributed by atoms with Crippen LogP contribution in [0.1, 0.15) is 6.42 Å². The highest BCUT2D eigenvalue weighted by Crippen LogP contribution is 2.11. The first kappa shape index (κ1) is 16.1. The van der Waals surface area contributed by atoms with E-state index in [0.717, 1.165) is 19.5 Å². The second kappa shape index (κ2) is 6.76. The van der Waals surface area contributed by atoms with Crippen molar-refractivity contribution in [2.75, 3.05) is 38.7 Å². The first-order valence-corrected chi connectivity index (χ1v) is 7.14. The molecular weight excluding hydrogens is 252 g/mol. The van der Waals surface area contributed by atoms with Crippen LogP contribution in [0.3, 0.4) is 0 Å². The molecule has 16 heavy (non-hydrogen) atoms. The largest absolute Gasteiger partial charge is 1.00 e. The number of aliphatic hydroxyl groups excluding tert-OH is 1. The second-order valence-corrected chi connectivity index (χ2v) is 6.67. The lowest BCUT2D eigenvalue weighted by Crippen LogP contribution is -3.05. The maximum absolute atomic E-state index is 11.2. The Labute approximate surface area is 104 Å². The Bertz CT molecular complexity index is 295. The van der Waals surface area contributed by atoms with Gasteiger partial charge in [0.1, 0.15) is 0 Å². The number of halogens is 1. The number of hydrogen-bond acceptors (Lipinski definition) is 4. The predicted octanol–water partition coefficient (Wildman–Crippen LogP) is -5.73. The Kier molecular flexibility index (Phi) is 6.81. The maximum Gasteiger partial charge on any atom is 0.154 e. The summed E-state index contributed by atoms with van der Waals surface area (Å²) in [5.74, 6) is -0.0212. The molecule has 0 amide bonds. The fourth-order valence-electron chi connectivity index (χ4n) is 1.75. The van der Waals surface area contributed by atoms with Gasteiger partial charge in [-0.3, -0.25) is 0 Å². The summed E-state index contributed by atoms with van der Waals surface area (Å²) in [4.78, 5) is 1.37. The minimum Gasteiger partial charge on any atom is -1.00 e. The van der Waals surface area contributed by atoms with Gasteiger partial charge in [-0.05, 0) is 0 Å². The summed E-state index contributed by atoms with van der Waals surface area (Å²) in [5.41, 5.74) is 0. The van der Waals surface area contributed by atoms with Crippen LogP contribution in [0.15, 0.2) is 0 Å². The van der Waals surface area contributed by atoms with Crippen molar-refractivity contribution >= 4 is 9.84 Å². The molecule has 1 aliphatic heterocycles. The Balaban J connectivity index is 0.00000225. The standard InChI is InChI=1S/C9H20N2O3S.ClH/c1-11(2)5-3-4-10-8-6-15(13,14)7-9(8)12;/h8-10,12H,3-7H2,1-2H3;1H. The van der Waals surface area contributed by atoms with E-state index >= 15 is 0 Å². The van der Waals surface area contributed by atoms with Crippen molar-refractivity contribution in [3.8, 4) is 0 Å². The van der Waals surface area contributed by atoms with Gasteiger partial charge in [0.05, 0.1) is 38.2 Å². The molecule has 5 nitrogen and oxygen atoms in total. The van der Waals surface area contributed by atoms with Crippen molar-refractivity contribution in [3.63, 3.8) is 0 Å². The van der Waals surface area contributed by atoms with Crippen molar-refractivity contribution in [1.29, 1.82) is 0 Å². The molecule has 2 unspecified atom stereocenters. The van der Waals surface area contributed by atoms with Crippen LogP contribution in [0.4, 0.5) is 0 Å². The number of sulfone groups is 1. The highest BCUT2D eigenvalue weighted by atomic mass is 35.5. The van der Waals surface area contributed by atoms with Gasteiger partial charge in [0, 0.05) is 19.0 Å². The van der Waals surface area contributed by atoms with Crippen LogP contribution in [0.25, 0.3) is 0 Å². The third-order valence-electron chi connectivity index (χ3n) is 2.58. The molecule has 3 N–H and O–H groups in total. The molecule has 7 heteroatoms. The van der Waals surface area contributed by atoms with E-state index < -0.39 is 15.9 Å². The van der Waals surface area contributed by atoms with Crippen LogP contribution >= 0.6 is 0 Å². The number of nitrogens with one attached hydrogen (secondary N) is 2. The summed E-state index contributed by atoms with van der Waals surface area (Å²) in [5, 5.41) is 12.6. The predicted molar refractivity (Wildman–Crippen MR) is 58.7 cm³/mol. The van der Waals surface area contributed by atoms with Crippen LogP contribution in [0, 0.1) is 0 Å². The molecule has 0 aromatic heterocycles. The molecule has 98 valence electrons. The van der Waals surface area contributed by atoms with E-state index in [9.17, 15) is 13.5 Å². The van der Waals surface area contributed by atoms with Gasteiger partial charge in [-0.25, -0.2) is 8.42 Å². The molecule has 2 atom stereocenters. The smallest absolute Gasteiger partial charge is 0.154 e. The summed E-state index contributed by atoms with van der Waals surface area (Å²) in [6.45, 7) is 1.81. The second-order valence-electron chi connectivity index (χ2n) is 4.52. The summed E-state index contributed by atoms with van der Waals surface area (Å²) < 4.78 is 22.4.